The van der Waals surface area contributed by atoms with E-state index < -0.39 is 5.09 Å². The highest BCUT2D eigenvalue weighted by Crippen LogP contribution is 1.93. The lowest BCUT2D eigenvalue weighted by molar-refractivity contribution is -0.742. The maximum atomic E-state index is 11.1. The molecule has 0 atom stereocenters. The third-order valence-corrected chi connectivity index (χ3v) is 1.32. The molecule has 0 fully saturated rings. The van der Waals surface area contributed by atoms with Crippen LogP contribution in [0.5, 0.6) is 0 Å². The molecule has 1 aromatic heterocycles. The minimum absolute atomic E-state index is 0.0496. The van der Waals surface area contributed by atoms with Crippen LogP contribution in [0.4, 0.5) is 0 Å². The summed E-state index contributed by atoms with van der Waals surface area (Å²) in [5.41, 5.74) is 0.506. The summed E-state index contributed by atoms with van der Waals surface area (Å²) < 4.78 is 0. The average Bonchev–Trinajstić information content (AvgIpc) is 2.26. The Morgan fingerprint density at radius 3 is 2.69 bits per heavy atom. The lowest BCUT2D eigenvalue weighted by atomic mass is 10.3. The highest BCUT2D eigenvalue weighted by molar-refractivity contribution is 5.93. The number of nitrogens with zero attached hydrogens (tertiary/aromatic N) is 2. The first kappa shape index (κ1) is 13.8. The van der Waals surface area contributed by atoms with Crippen LogP contribution >= 0.6 is 0 Å². The average molecular weight is 229 g/mol. The number of aliphatic hydroxyl groups excluding tert-OH is 1. The lowest BCUT2D eigenvalue weighted by Gasteiger charge is -2.00. The van der Waals surface area contributed by atoms with Crippen LogP contribution in [-0.2, 0) is 0 Å². The first-order chi connectivity index (χ1) is 7.57. The molecule has 0 unspecified atom stereocenters. The summed E-state index contributed by atoms with van der Waals surface area (Å²) in [5.74, 6) is -0.211. The Hall–Kier alpha value is -2.22. The maximum absolute atomic E-state index is 11.1. The molecule has 0 aromatic carbocycles. The zero-order chi connectivity index (χ0) is 12.4. The van der Waals surface area contributed by atoms with Crippen LogP contribution in [0.3, 0.4) is 0 Å². The molecule has 0 aliphatic carbocycles. The molecule has 8 nitrogen and oxygen atoms in total. The molecule has 1 aromatic rings. The van der Waals surface area contributed by atoms with Crippen LogP contribution in [0.1, 0.15) is 10.4 Å². The number of hydrogen-bond donors (Lipinski definition) is 3. The molecule has 0 spiro atoms. The molecule has 1 amide bonds. The molecule has 88 valence electrons. The van der Waals surface area contributed by atoms with Crippen molar-refractivity contribution < 1.29 is 20.2 Å². The van der Waals surface area contributed by atoms with E-state index in [1.165, 1.54) is 6.20 Å². The van der Waals surface area contributed by atoms with Gasteiger partial charge in [0.05, 0.1) is 12.2 Å². The van der Waals surface area contributed by atoms with Gasteiger partial charge in [0.25, 0.3) is 11.0 Å². The predicted octanol–water partition coefficient (Wildman–Crippen LogP) is -0.544. The molecule has 1 heterocycles. The highest BCUT2D eigenvalue weighted by Gasteiger charge is 2.01. The number of aliphatic hydroxyl groups is 1. The molecular formula is C8H11N3O5. The summed E-state index contributed by atoms with van der Waals surface area (Å²) in [5, 5.41) is 24.6. The minimum Gasteiger partial charge on any atom is -0.395 e. The van der Waals surface area contributed by atoms with Gasteiger partial charge in [-0.15, -0.1) is 10.1 Å². The summed E-state index contributed by atoms with van der Waals surface area (Å²) in [6.45, 7) is 0.222. The monoisotopic (exact) mass is 229 g/mol. The van der Waals surface area contributed by atoms with Crippen molar-refractivity contribution in [1.82, 2.24) is 10.3 Å². The Labute approximate surface area is 90.7 Å². The molecule has 16 heavy (non-hydrogen) atoms. The van der Waals surface area contributed by atoms with E-state index in [0.29, 0.717) is 5.56 Å². The summed E-state index contributed by atoms with van der Waals surface area (Å²) in [4.78, 5) is 23.3. The molecule has 8 heteroatoms. The van der Waals surface area contributed by atoms with Crippen LogP contribution < -0.4 is 5.32 Å². The zero-order valence-corrected chi connectivity index (χ0v) is 8.24. The predicted molar refractivity (Wildman–Crippen MR) is 52.4 cm³/mol. The largest absolute Gasteiger partial charge is 0.395 e. The smallest absolute Gasteiger partial charge is 0.291 e. The van der Waals surface area contributed by atoms with Crippen LogP contribution in [0.2, 0.25) is 0 Å². The molecular weight excluding hydrogens is 218 g/mol. The summed E-state index contributed by atoms with van der Waals surface area (Å²) >= 11 is 0. The van der Waals surface area contributed by atoms with Gasteiger partial charge in [-0.2, -0.15) is 0 Å². The van der Waals surface area contributed by atoms with Gasteiger partial charge in [0, 0.05) is 18.9 Å². The first-order valence-corrected chi connectivity index (χ1v) is 4.20. The van der Waals surface area contributed by atoms with Crippen molar-refractivity contribution >= 4 is 5.91 Å². The molecule has 0 radical (unpaired) electrons. The van der Waals surface area contributed by atoms with Gasteiger partial charge in [0.1, 0.15) is 0 Å². The Morgan fingerprint density at radius 1 is 1.62 bits per heavy atom. The Morgan fingerprint density at radius 2 is 2.25 bits per heavy atom. The van der Waals surface area contributed by atoms with Crippen molar-refractivity contribution in [2.45, 2.75) is 0 Å². The summed E-state index contributed by atoms with van der Waals surface area (Å²) in [7, 11) is 0. The normalized spacial score (nSPS) is 8.56. The number of carbonyl (C=O) groups is 1. The van der Waals surface area contributed by atoms with E-state index in [0.717, 1.165) is 0 Å². The van der Waals surface area contributed by atoms with Gasteiger partial charge < -0.3 is 15.6 Å². The van der Waals surface area contributed by atoms with E-state index >= 15 is 0 Å². The number of hydrogen-bond acceptors (Lipinski definition) is 5. The molecule has 0 aliphatic rings. The van der Waals surface area contributed by atoms with Gasteiger partial charge in [0.2, 0.25) is 0 Å². The fraction of sp³-hybridized carbons (Fsp3) is 0.250. The molecule has 0 aliphatic heterocycles. The lowest BCUT2D eigenvalue weighted by Crippen LogP contribution is -2.26. The number of carbonyl (C=O) groups excluding carboxylic acids is 1. The Kier molecular flexibility index (Phi) is 6.99. The van der Waals surface area contributed by atoms with Crippen molar-refractivity contribution in [3.05, 3.63) is 40.2 Å². The third-order valence-electron chi connectivity index (χ3n) is 1.32. The van der Waals surface area contributed by atoms with Gasteiger partial charge in [-0.1, -0.05) is 0 Å². The fourth-order valence-electron chi connectivity index (χ4n) is 0.769. The van der Waals surface area contributed by atoms with E-state index in [2.05, 4.69) is 10.3 Å². The fourth-order valence-corrected chi connectivity index (χ4v) is 0.769. The second kappa shape index (κ2) is 8.12. The van der Waals surface area contributed by atoms with Gasteiger partial charge in [-0.25, -0.2) is 0 Å². The number of pyridine rings is 1. The first-order valence-electron chi connectivity index (χ1n) is 4.20. The van der Waals surface area contributed by atoms with Crippen LogP contribution in [0.25, 0.3) is 0 Å². The zero-order valence-electron chi connectivity index (χ0n) is 8.24. The van der Waals surface area contributed by atoms with Crippen molar-refractivity contribution in [2.75, 3.05) is 13.2 Å². The quantitative estimate of drug-likeness (QED) is 0.472. The second-order valence-electron chi connectivity index (χ2n) is 2.46. The SMILES string of the molecule is O=C(NCCO)c1cccnc1.O=[N+]([O-])O. The molecule has 0 saturated carbocycles. The van der Waals surface area contributed by atoms with E-state index in [9.17, 15) is 4.79 Å². The van der Waals surface area contributed by atoms with E-state index in [-0.39, 0.29) is 19.1 Å². The molecule has 0 bridgehead atoms. The summed E-state index contributed by atoms with van der Waals surface area (Å²) in [6, 6.07) is 3.35. The molecule has 3 N–H and O–H groups in total. The minimum atomic E-state index is -1.50. The van der Waals surface area contributed by atoms with Crippen molar-refractivity contribution in [1.29, 1.82) is 0 Å². The van der Waals surface area contributed by atoms with Crippen LogP contribution in [0, 0.1) is 10.1 Å². The molecule has 1 rings (SSSR count). The van der Waals surface area contributed by atoms with Gasteiger partial charge in [-0.3, -0.25) is 9.78 Å². The summed E-state index contributed by atoms with van der Waals surface area (Å²) in [6.07, 6.45) is 3.08. The van der Waals surface area contributed by atoms with Crippen LogP contribution in [-0.4, -0.2) is 39.4 Å². The van der Waals surface area contributed by atoms with Crippen molar-refractivity contribution in [3.8, 4) is 0 Å². The van der Waals surface area contributed by atoms with Gasteiger partial charge >= 0.3 is 0 Å². The Balaban J connectivity index is 0.000000487. The van der Waals surface area contributed by atoms with Gasteiger partial charge in [-0.05, 0) is 12.1 Å². The van der Waals surface area contributed by atoms with E-state index in [1.807, 2.05) is 0 Å². The topological polar surface area (TPSA) is 126 Å². The second-order valence-corrected chi connectivity index (χ2v) is 2.46. The number of aromatic nitrogens is 1. The Bertz CT molecular complexity index is 326. The third kappa shape index (κ3) is 7.21. The van der Waals surface area contributed by atoms with Gasteiger partial charge in [0.15, 0.2) is 0 Å². The number of nitrogens with one attached hydrogen (secondary N) is 1. The standard InChI is InChI=1S/C8H10N2O2.HNO3/c11-5-4-10-8(12)7-2-1-3-9-6-7;2-1(3)4/h1-3,6,11H,4-5H2,(H,10,12);(H,2,3,4). The number of rotatable bonds is 3. The van der Waals surface area contributed by atoms with E-state index in [1.54, 1.807) is 18.3 Å². The molecule has 0 saturated heterocycles. The van der Waals surface area contributed by atoms with Crippen molar-refractivity contribution in [2.24, 2.45) is 0 Å². The number of amides is 1. The maximum Gasteiger partial charge on any atom is 0.291 e. The van der Waals surface area contributed by atoms with Crippen molar-refractivity contribution in [3.63, 3.8) is 0 Å². The van der Waals surface area contributed by atoms with E-state index in [4.69, 9.17) is 20.4 Å². The van der Waals surface area contributed by atoms with Crippen LogP contribution in [0.15, 0.2) is 24.5 Å². The highest BCUT2D eigenvalue weighted by atomic mass is 16.9.